The smallest absolute Gasteiger partial charge is 0.293 e. The second-order valence-electron chi connectivity index (χ2n) is 2.02. The Morgan fingerprint density at radius 2 is 2.36 bits per heavy atom. The number of aromatic hydroxyl groups is 1. The third kappa shape index (κ3) is 1.46. The van der Waals surface area contributed by atoms with Crippen molar-refractivity contribution in [2.45, 2.75) is 6.54 Å². The normalized spacial score (nSPS) is 9.45. The summed E-state index contributed by atoms with van der Waals surface area (Å²) in [5, 5.41) is 8.88. The maximum atomic E-state index is 10.9. The lowest BCUT2D eigenvalue weighted by Gasteiger charge is -1.98. The third-order valence-electron chi connectivity index (χ3n) is 1.27. The first kappa shape index (κ1) is 7.53. The molecule has 0 saturated heterocycles. The molecule has 0 aromatic carbocycles. The molecule has 1 aromatic rings. The van der Waals surface area contributed by atoms with E-state index in [9.17, 15) is 9.59 Å². The lowest BCUT2D eigenvalue weighted by Crippen LogP contribution is -2.18. The number of carbonyl (C=O) groups excluding carboxylic acids is 1. The average molecular weight is 153 g/mol. The van der Waals surface area contributed by atoms with Crippen molar-refractivity contribution >= 4 is 6.29 Å². The fraction of sp³-hybridized carbons (Fsp3) is 0.143. The topological polar surface area (TPSA) is 59.3 Å². The number of aldehydes is 1. The zero-order valence-corrected chi connectivity index (χ0v) is 5.73. The molecular weight excluding hydrogens is 146 g/mol. The van der Waals surface area contributed by atoms with E-state index in [1.165, 1.54) is 18.3 Å². The fourth-order valence-corrected chi connectivity index (χ4v) is 0.748. The van der Waals surface area contributed by atoms with Crippen LogP contribution in [-0.2, 0) is 11.3 Å². The molecule has 4 nitrogen and oxygen atoms in total. The van der Waals surface area contributed by atoms with Crippen molar-refractivity contribution in [3.8, 4) is 5.75 Å². The molecule has 0 aliphatic rings. The van der Waals surface area contributed by atoms with Gasteiger partial charge in [0.2, 0.25) is 0 Å². The third-order valence-corrected chi connectivity index (χ3v) is 1.27. The van der Waals surface area contributed by atoms with Gasteiger partial charge in [-0.3, -0.25) is 4.79 Å². The van der Waals surface area contributed by atoms with Crippen LogP contribution in [0.5, 0.6) is 5.75 Å². The number of hydrogen-bond acceptors (Lipinski definition) is 3. The molecule has 0 unspecified atom stereocenters. The van der Waals surface area contributed by atoms with Crippen LogP contribution in [0, 0.1) is 0 Å². The molecule has 0 bridgehead atoms. The van der Waals surface area contributed by atoms with E-state index in [1.807, 2.05) is 0 Å². The van der Waals surface area contributed by atoms with Gasteiger partial charge in [0.15, 0.2) is 5.75 Å². The molecule has 1 heterocycles. The second kappa shape index (κ2) is 3.01. The van der Waals surface area contributed by atoms with Gasteiger partial charge in [0, 0.05) is 6.20 Å². The van der Waals surface area contributed by atoms with Gasteiger partial charge in [0.25, 0.3) is 5.56 Å². The van der Waals surface area contributed by atoms with E-state index in [0.717, 1.165) is 4.57 Å². The number of hydrogen-bond donors (Lipinski definition) is 1. The van der Waals surface area contributed by atoms with Gasteiger partial charge in [-0.1, -0.05) is 0 Å². The summed E-state index contributed by atoms with van der Waals surface area (Å²) in [4.78, 5) is 20.9. The molecule has 0 atom stereocenters. The molecule has 1 aromatic heterocycles. The van der Waals surface area contributed by atoms with Crippen molar-refractivity contribution in [3.63, 3.8) is 0 Å². The summed E-state index contributed by atoms with van der Waals surface area (Å²) in [6, 6.07) is 2.78. The first-order chi connectivity index (χ1) is 5.25. The monoisotopic (exact) mass is 153 g/mol. The first-order valence-electron chi connectivity index (χ1n) is 3.08. The summed E-state index contributed by atoms with van der Waals surface area (Å²) in [5.41, 5.74) is -0.542. The lowest BCUT2D eigenvalue weighted by molar-refractivity contribution is -0.108. The largest absolute Gasteiger partial charge is 0.503 e. The molecule has 0 aliphatic carbocycles. The maximum absolute atomic E-state index is 10.9. The molecule has 0 spiro atoms. The highest BCUT2D eigenvalue weighted by Gasteiger charge is 1.97. The Morgan fingerprint density at radius 1 is 1.64 bits per heavy atom. The van der Waals surface area contributed by atoms with Gasteiger partial charge in [0.05, 0.1) is 6.54 Å². The SMILES string of the molecule is O=CCn1cccc(O)c1=O. The highest BCUT2D eigenvalue weighted by atomic mass is 16.3. The van der Waals surface area contributed by atoms with Gasteiger partial charge in [-0.25, -0.2) is 0 Å². The van der Waals surface area contributed by atoms with Crippen molar-refractivity contribution < 1.29 is 9.90 Å². The average Bonchev–Trinajstić information content (AvgIpc) is 1.99. The van der Waals surface area contributed by atoms with Crippen LogP contribution in [0.1, 0.15) is 0 Å². The summed E-state index contributed by atoms with van der Waals surface area (Å²) < 4.78 is 1.13. The Bertz CT molecular complexity index is 316. The van der Waals surface area contributed by atoms with E-state index in [-0.39, 0.29) is 12.3 Å². The van der Waals surface area contributed by atoms with Gasteiger partial charge in [-0.15, -0.1) is 0 Å². The Morgan fingerprint density at radius 3 is 3.00 bits per heavy atom. The quantitative estimate of drug-likeness (QED) is 0.596. The van der Waals surface area contributed by atoms with Crippen molar-refractivity contribution in [3.05, 3.63) is 28.7 Å². The van der Waals surface area contributed by atoms with Gasteiger partial charge in [-0.2, -0.15) is 0 Å². The summed E-state index contributed by atoms with van der Waals surface area (Å²) in [7, 11) is 0. The molecular formula is C7H7NO3. The minimum Gasteiger partial charge on any atom is -0.503 e. The van der Waals surface area contributed by atoms with Crippen molar-refractivity contribution in [2.24, 2.45) is 0 Å². The van der Waals surface area contributed by atoms with E-state index in [2.05, 4.69) is 0 Å². The minimum absolute atomic E-state index is 0.0206. The summed E-state index contributed by atoms with van der Waals surface area (Å²) >= 11 is 0. The van der Waals surface area contributed by atoms with E-state index in [0.29, 0.717) is 6.29 Å². The van der Waals surface area contributed by atoms with Crippen LogP contribution >= 0.6 is 0 Å². The zero-order valence-electron chi connectivity index (χ0n) is 5.73. The Balaban J connectivity index is 3.16. The van der Waals surface area contributed by atoms with E-state index in [1.54, 1.807) is 0 Å². The van der Waals surface area contributed by atoms with Crippen molar-refractivity contribution in [2.75, 3.05) is 0 Å². The van der Waals surface area contributed by atoms with Crippen LogP contribution in [0.3, 0.4) is 0 Å². The van der Waals surface area contributed by atoms with E-state index >= 15 is 0 Å². The Labute approximate surface area is 62.7 Å². The molecule has 0 saturated carbocycles. The van der Waals surface area contributed by atoms with Crippen LogP contribution in [-0.4, -0.2) is 16.0 Å². The summed E-state index contributed by atoms with van der Waals surface area (Å²) in [6.07, 6.45) is 2.04. The second-order valence-corrected chi connectivity index (χ2v) is 2.02. The van der Waals surface area contributed by atoms with Crippen LogP contribution in [0.2, 0.25) is 0 Å². The Hall–Kier alpha value is -1.58. The maximum Gasteiger partial charge on any atom is 0.293 e. The molecule has 0 amide bonds. The number of carbonyl (C=O) groups is 1. The molecule has 0 fully saturated rings. The first-order valence-corrected chi connectivity index (χ1v) is 3.08. The van der Waals surface area contributed by atoms with Gasteiger partial charge < -0.3 is 14.5 Å². The van der Waals surface area contributed by atoms with Gasteiger partial charge in [-0.05, 0) is 12.1 Å². The lowest BCUT2D eigenvalue weighted by atomic mass is 10.4. The molecule has 11 heavy (non-hydrogen) atoms. The Kier molecular flexibility index (Phi) is 2.06. The number of rotatable bonds is 2. The summed E-state index contributed by atoms with van der Waals surface area (Å²) in [6.45, 7) is -0.0206. The standard InChI is InChI=1S/C7H7NO3/c9-5-4-8-3-1-2-6(10)7(8)11/h1-3,5,10H,4H2. The van der Waals surface area contributed by atoms with Crippen LogP contribution in [0.25, 0.3) is 0 Å². The van der Waals surface area contributed by atoms with Gasteiger partial charge >= 0.3 is 0 Å². The van der Waals surface area contributed by atoms with Crippen molar-refractivity contribution in [1.82, 2.24) is 4.57 Å². The zero-order chi connectivity index (χ0) is 8.27. The molecule has 0 aliphatic heterocycles. The van der Waals surface area contributed by atoms with Crippen LogP contribution in [0.15, 0.2) is 23.1 Å². The molecule has 0 radical (unpaired) electrons. The molecule has 1 N–H and O–H groups in total. The number of aromatic nitrogens is 1. The molecule has 4 heteroatoms. The number of pyridine rings is 1. The molecule has 1 rings (SSSR count). The minimum atomic E-state index is -0.542. The molecule has 58 valence electrons. The summed E-state index contributed by atoms with van der Waals surface area (Å²) in [5.74, 6) is -0.339. The van der Waals surface area contributed by atoms with E-state index < -0.39 is 5.56 Å². The van der Waals surface area contributed by atoms with Gasteiger partial charge in [0.1, 0.15) is 6.29 Å². The van der Waals surface area contributed by atoms with Crippen LogP contribution in [0.4, 0.5) is 0 Å². The predicted molar refractivity (Wildman–Crippen MR) is 38.4 cm³/mol. The van der Waals surface area contributed by atoms with E-state index in [4.69, 9.17) is 5.11 Å². The van der Waals surface area contributed by atoms with Crippen LogP contribution < -0.4 is 5.56 Å². The number of nitrogens with zero attached hydrogens (tertiary/aromatic N) is 1. The highest BCUT2D eigenvalue weighted by Crippen LogP contribution is 1.96. The highest BCUT2D eigenvalue weighted by molar-refractivity contribution is 5.49. The van der Waals surface area contributed by atoms with Crippen molar-refractivity contribution in [1.29, 1.82) is 0 Å². The predicted octanol–water partition coefficient (Wildman–Crippen LogP) is -0.247. The fourth-order valence-electron chi connectivity index (χ4n) is 0.748.